The molecule has 0 aliphatic carbocycles. The molecule has 0 spiro atoms. The lowest BCUT2D eigenvalue weighted by Crippen LogP contribution is -2.58. The summed E-state index contributed by atoms with van der Waals surface area (Å²) in [6, 6.07) is 9.87. The Hall–Kier alpha value is -4.45. The third-order valence-electron chi connectivity index (χ3n) is 5.66. The Morgan fingerprint density at radius 2 is 1.26 bits per heavy atom. The van der Waals surface area contributed by atoms with E-state index in [4.69, 9.17) is 10.8 Å². The van der Waals surface area contributed by atoms with Crippen molar-refractivity contribution in [2.75, 3.05) is 0 Å². The molecule has 2 aromatic carbocycles. The number of hydrogen-bond donors (Lipinski definition) is 7. The predicted octanol–water partition coefficient (Wildman–Crippen LogP) is -0.0716. The van der Waals surface area contributed by atoms with E-state index < -0.39 is 53.8 Å². The molecule has 4 unspecified atom stereocenters. The minimum Gasteiger partial charge on any atom is -0.508 e. The molecule has 0 fully saturated rings. The maximum Gasteiger partial charge on any atom is 0.325 e. The van der Waals surface area contributed by atoms with Crippen molar-refractivity contribution in [2.24, 2.45) is 5.73 Å². The zero-order chi connectivity index (χ0) is 28.2. The summed E-state index contributed by atoms with van der Waals surface area (Å²) in [4.78, 5) is 61.0. The van der Waals surface area contributed by atoms with Gasteiger partial charge in [-0.3, -0.25) is 24.0 Å². The molecule has 3 amide bonds. The van der Waals surface area contributed by atoms with Crippen LogP contribution in [0.1, 0.15) is 30.9 Å². The lowest BCUT2D eigenvalue weighted by Gasteiger charge is -2.25. The Labute approximate surface area is 219 Å². The standard InChI is InChI=1S/C26H32N4O8/c1-15(26(37)38)28-24(35)20(14-17-7-9-18(31)10-8-17)30-25(36)21(13-16-5-3-2-4-6-16)29-23(34)19(27)11-12-22(32)33/h2-10,15,19-21,31H,11-14,27H2,1H3,(H,28,35)(H,29,34)(H,30,36)(H,32,33)(H,37,38). The van der Waals surface area contributed by atoms with Crippen LogP contribution in [0.25, 0.3) is 0 Å². The number of phenolic OH excluding ortho intramolecular Hbond substituents is 1. The summed E-state index contributed by atoms with van der Waals surface area (Å²) in [5.41, 5.74) is 7.08. The van der Waals surface area contributed by atoms with Crippen LogP contribution in [0.5, 0.6) is 5.75 Å². The van der Waals surface area contributed by atoms with Crippen LogP contribution in [0.4, 0.5) is 0 Å². The molecule has 0 radical (unpaired) electrons. The molecular weight excluding hydrogens is 496 g/mol. The third-order valence-corrected chi connectivity index (χ3v) is 5.66. The lowest BCUT2D eigenvalue weighted by atomic mass is 10.0. The van der Waals surface area contributed by atoms with E-state index in [1.54, 1.807) is 42.5 Å². The van der Waals surface area contributed by atoms with Gasteiger partial charge in [-0.2, -0.15) is 0 Å². The van der Waals surface area contributed by atoms with Gasteiger partial charge in [0.1, 0.15) is 23.9 Å². The van der Waals surface area contributed by atoms with Crippen molar-refractivity contribution < 1.29 is 39.3 Å². The van der Waals surface area contributed by atoms with Crippen LogP contribution in [-0.4, -0.2) is 69.1 Å². The number of aromatic hydroxyl groups is 1. The fourth-order valence-corrected chi connectivity index (χ4v) is 3.47. The smallest absolute Gasteiger partial charge is 0.325 e. The third kappa shape index (κ3) is 9.90. The summed E-state index contributed by atoms with van der Waals surface area (Å²) in [5, 5.41) is 35.0. The van der Waals surface area contributed by atoms with Crippen molar-refractivity contribution in [3.05, 3.63) is 65.7 Å². The molecule has 12 nitrogen and oxygen atoms in total. The van der Waals surface area contributed by atoms with Crippen LogP contribution >= 0.6 is 0 Å². The van der Waals surface area contributed by atoms with Gasteiger partial charge in [0.15, 0.2) is 0 Å². The summed E-state index contributed by atoms with van der Waals surface area (Å²) in [6.45, 7) is 1.27. The number of rotatable bonds is 14. The zero-order valence-corrected chi connectivity index (χ0v) is 20.8. The summed E-state index contributed by atoms with van der Waals surface area (Å²) >= 11 is 0. The molecule has 0 aliphatic heterocycles. The minimum absolute atomic E-state index is 0.00293. The monoisotopic (exact) mass is 528 g/mol. The molecule has 2 rings (SSSR count). The number of benzene rings is 2. The maximum atomic E-state index is 13.4. The molecule has 0 saturated heterocycles. The van der Waals surface area contributed by atoms with Gasteiger partial charge in [-0.15, -0.1) is 0 Å². The Morgan fingerprint density at radius 3 is 1.79 bits per heavy atom. The summed E-state index contributed by atoms with van der Waals surface area (Å²) in [5.74, 6) is -4.61. The highest BCUT2D eigenvalue weighted by molar-refractivity contribution is 5.94. The van der Waals surface area contributed by atoms with Gasteiger partial charge in [0.05, 0.1) is 6.04 Å². The van der Waals surface area contributed by atoms with Gasteiger partial charge in [0, 0.05) is 19.3 Å². The Balaban J connectivity index is 2.26. The van der Waals surface area contributed by atoms with Gasteiger partial charge in [0.25, 0.3) is 0 Å². The summed E-state index contributed by atoms with van der Waals surface area (Å²) in [7, 11) is 0. The van der Waals surface area contributed by atoms with Crippen LogP contribution in [0.15, 0.2) is 54.6 Å². The number of nitrogens with two attached hydrogens (primary N) is 1. The average Bonchev–Trinajstić information content (AvgIpc) is 2.87. The van der Waals surface area contributed by atoms with E-state index in [9.17, 15) is 34.2 Å². The second-order valence-corrected chi connectivity index (χ2v) is 8.79. The molecule has 0 aromatic heterocycles. The van der Waals surface area contributed by atoms with Crippen molar-refractivity contribution in [2.45, 2.75) is 56.8 Å². The fraction of sp³-hybridized carbons (Fsp3) is 0.346. The summed E-state index contributed by atoms with van der Waals surface area (Å²) in [6.07, 6.45) is -0.460. The van der Waals surface area contributed by atoms with E-state index in [1.807, 2.05) is 0 Å². The highest BCUT2D eigenvalue weighted by Gasteiger charge is 2.30. The van der Waals surface area contributed by atoms with E-state index in [0.717, 1.165) is 0 Å². The van der Waals surface area contributed by atoms with Crippen molar-refractivity contribution in [1.29, 1.82) is 0 Å². The van der Waals surface area contributed by atoms with Crippen molar-refractivity contribution >= 4 is 29.7 Å². The van der Waals surface area contributed by atoms with Crippen LogP contribution in [-0.2, 0) is 36.8 Å². The number of carbonyl (C=O) groups is 5. The lowest BCUT2D eigenvalue weighted by molar-refractivity contribution is -0.142. The quantitative estimate of drug-likeness (QED) is 0.175. The second-order valence-electron chi connectivity index (χ2n) is 8.79. The highest BCUT2D eigenvalue weighted by Crippen LogP contribution is 2.12. The highest BCUT2D eigenvalue weighted by atomic mass is 16.4. The molecule has 4 atom stereocenters. The molecular formula is C26H32N4O8. The average molecular weight is 529 g/mol. The first kappa shape index (κ1) is 29.8. The van der Waals surface area contributed by atoms with Crippen molar-refractivity contribution in [3.63, 3.8) is 0 Å². The first-order valence-corrected chi connectivity index (χ1v) is 11.9. The van der Waals surface area contributed by atoms with Crippen LogP contribution in [0, 0.1) is 0 Å². The number of carboxylic acid groups (broad SMARTS) is 2. The van der Waals surface area contributed by atoms with E-state index in [-0.39, 0.29) is 31.4 Å². The number of nitrogens with one attached hydrogen (secondary N) is 3. The van der Waals surface area contributed by atoms with Gasteiger partial charge in [-0.25, -0.2) is 0 Å². The predicted molar refractivity (Wildman–Crippen MR) is 136 cm³/mol. The maximum absolute atomic E-state index is 13.4. The number of aliphatic carboxylic acids is 2. The zero-order valence-electron chi connectivity index (χ0n) is 20.8. The van der Waals surface area contributed by atoms with Crippen molar-refractivity contribution in [3.8, 4) is 5.75 Å². The van der Waals surface area contributed by atoms with E-state index in [0.29, 0.717) is 11.1 Å². The Kier molecular flexibility index (Phi) is 11.2. The summed E-state index contributed by atoms with van der Waals surface area (Å²) < 4.78 is 0. The number of hydrogen-bond acceptors (Lipinski definition) is 7. The number of carbonyl (C=O) groups excluding carboxylic acids is 3. The van der Waals surface area contributed by atoms with E-state index >= 15 is 0 Å². The molecule has 12 heteroatoms. The molecule has 2 aromatic rings. The molecule has 204 valence electrons. The molecule has 8 N–H and O–H groups in total. The van der Waals surface area contributed by atoms with Gasteiger partial charge < -0.3 is 37.0 Å². The van der Waals surface area contributed by atoms with Crippen LogP contribution < -0.4 is 21.7 Å². The van der Waals surface area contributed by atoms with Crippen LogP contribution in [0.2, 0.25) is 0 Å². The first-order valence-electron chi connectivity index (χ1n) is 11.9. The van der Waals surface area contributed by atoms with Gasteiger partial charge in [-0.05, 0) is 36.6 Å². The second kappa shape index (κ2) is 14.3. The van der Waals surface area contributed by atoms with Gasteiger partial charge >= 0.3 is 11.9 Å². The molecule has 0 aliphatic rings. The van der Waals surface area contributed by atoms with Gasteiger partial charge in [0.2, 0.25) is 17.7 Å². The van der Waals surface area contributed by atoms with Gasteiger partial charge in [-0.1, -0.05) is 42.5 Å². The van der Waals surface area contributed by atoms with E-state index in [2.05, 4.69) is 16.0 Å². The normalized spacial score (nSPS) is 13.8. The Morgan fingerprint density at radius 1 is 0.763 bits per heavy atom. The minimum atomic E-state index is -1.27. The van der Waals surface area contributed by atoms with E-state index in [1.165, 1.54) is 19.1 Å². The van der Waals surface area contributed by atoms with Crippen molar-refractivity contribution in [1.82, 2.24) is 16.0 Å². The molecule has 0 bridgehead atoms. The fourth-order valence-electron chi connectivity index (χ4n) is 3.47. The Bertz CT molecular complexity index is 1120. The molecule has 0 saturated carbocycles. The largest absolute Gasteiger partial charge is 0.508 e. The number of phenols is 1. The SMILES string of the molecule is CC(NC(=O)C(Cc1ccc(O)cc1)NC(=O)C(Cc1ccccc1)NC(=O)C(N)CCC(=O)O)C(=O)O. The number of amides is 3. The first-order chi connectivity index (χ1) is 18.0. The molecule has 0 heterocycles. The number of carboxylic acids is 2. The molecule has 38 heavy (non-hydrogen) atoms. The topological polar surface area (TPSA) is 208 Å². The van der Waals surface area contributed by atoms with Crippen LogP contribution in [0.3, 0.4) is 0 Å².